The molecule has 1 aliphatic rings. The number of furan rings is 1. The number of thioether (sulfide) groups is 2. The zero-order chi connectivity index (χ0) is 22.0. The van der Waals surface area contributed by atoms with Crippen molar-refractivity contribution in [1.29, 1.82) is 0 Å². The zero-order valence-corrected chi connectivity index (χ0v) is 20.0. The van der Waals surface area contributed by atoms with Gasteiger partial charge in [0, 0.05) is 16.9 Å². The quantitative estimate of drug-likeness (QED) is 0.213. The Labute approximate surface area is 199 Å². The van der Waals surface area contributed by atoms with Crippen LogP contribution in [0.1, 0.15) is 16.9 Å². The molecule has 4 rings (SSSR count). The van der Waals surface area contributed by atoms with Gasteiger partial charge in [-0.2, -0.15) is 0 Å². The average Bonchev–Trinajstić information content (AvgIpc) is 3.31. The maximum absolute atomic E-state index is 13.1. The van der Waals surface area contributed by atoms with E-state index in [0.717, 1.165) is 27.0 Å². The minimum absolute atomic E-state index is 0.189. The van der Waals surface area contributed by atoms with Gasteiger partial charge in [-0.25, -0.2) is 0 Å². The van der Waals surface area contributed by atoms with Gasteiger partial charge in [-0.15, -0.1) is 0 Å². The van der Waals surface area contributed by atoms with Crippen LogP contribution in [0.15, 0.2) is 69.0 Å². The first-order chi connectivity index (χ1) is 14.9. The molecule has 0 N–H and O–H groups in total. The molecule has 8 heteroatoms. The predicted octanol–water partition coefficient (Wildman–Crippen LogP) is 6.95. The van der Waals surface area contributed by atoms with Gasteiger partial charge in [0.1, 0.15) is 11.5 Å². The number of rotatable bonds is 6. The van der Waals surface area contributed by atoms with Crippen molar-refractivity contribution in [2.45, 2.75) is 17.8 Å². The monoisotopic (exact) mass is 487 g/mol. The molecule has 1 saturated heterocycles. The third kappa shape index (κ3) is 5.01. The second-order valence-electron chi connectivity index (χ2n) is 6.76. The second-order valence-corrected chi connectivity index (χ2v) is 9.86. The Morgan fingerprint density at radius 3 is 2.71 bits per heavy atom. The highest BCUT2D eigenvalue weighted by Gasteiger charge is 2.35. The van der Waals surface area contributed by atoms with Crippen LogP contribution in [0, 0.1) is 6.92 Å². The molecule has 0 atom stereocenters. The fourth-order valence-electron chi connectivity index (χ4n) is 3.00. The Morgan fingerprint density at radius 2 is 1.97 bits per heavy atom. The van der Waals surface area contributed by atoms with Crippen molar-refractivity contribution in [3.63, 3.8) is 0 Å². The summed E-state index contributed by atoms with van der Waals surface area (Å²) in [6.45, 7) is 1.96. The summed E-state index contributed by atoms with van der Waals surface area (Å²) >= 11 is 14.2. The summed E-state index contributed by atoms with van der Waals surface area (Å²) in [6.07, 6.45) is 1.73. The summed E-state index contributed by atoms with van der Waals surface area (Å²) < 4.78 is 11.8. The number of carbonyl (C=O) groups is 1. The largest absolute Gasteiger partial charge is 0.495 e. The first-order valence-electron chi connectivity index (χ1n) is 9.34. The molecule has 0 bridgehead atoms. The highest BCUT2D eigenvalue weighted by atomic mass is 35.5. The molecule has 1 amide bonds. The summed E-state index contributed by atoms with van der Waals surface area (Å²) in [5, 5.41) is 1.49. The Morgan fingerprint density at radius 1 is 1.19 bits per heavy atom. The molecule has 2 aromatic carbocycles. The molecule has 158 valence electrons. The van der Waals surface area contributed by atoms with E-state index in [1.54, 1.807) is 24.9 Å². The van der Waals surface area contributed by atoms with Gasteiger partial charge >= 0.3 is 0 Å². The van der Waals surface area contributed by atoms with E-state index in [1.165, 1.54) is 16.7 Å². The van der Waals surface area contributed by atoms with E-state index >= 15 is 0 Å². The van der Waals surface area contributed by atoms with Crippen LogP contribution in [-0.4, -0.2) is 17.3 Å². The lowest BCUT2D eigenvalue weighted by atomic mass is 10.2. The van der Waals surface area contributed by atoms with Crippen molar-refractivity contribution in [3.8, 4) is 5.75 Å². The number of hydrogen-bond donors (Lipinski definition) is 0. The van der Waals surface area contributed by atoms with Gasteiger partial charge in [0.15, 0.2) is 9.41 Å². The lowest BCUT2D eigenvalue weighted by Crippen LogP contribution is -2.28. The maximum Gasteiger partial charge on any atom is 0.271 e. The Bertz CT molecular complexity index is 1170. The van der Waals surface area contributed by atoms with E-state index in [2.05, 4.69) is 0 Å². The van der Waals surface area contributed by atoms with Gasteiger partial charge in [-0.3, -0.25) is 9.69 Å². The summed E-state index contributed by atoms with van der Waals surface area (Å²) in [6, 6.07) is 17.1. The van der Waals surface area contributed by atoms with E-state index in [-0.39, 0.29) is 5.91 Å². The smallest absolute Gasteiger partial charge is 0.271 e. The third-order valence-electron chi connectivity index (χ3n) is 4.54. The number of ether oxygens (including phenoxy) is 1. The number of carbonyl (C=O) groups excluding carboxylic acids is 1. The van der Waals surface area contributed by atoms with Crippen molar-refractivity contribution < 1.29 is 13.9 Å². The predicted molar refractivity (Wildman–Crippen MR) is 133 cm³/mol. The molecule has 3 aromatic rings. The van der Waals surface area contributed by atoms with Crippen LogP contribution in [0.3, 0.4) is 0 Å². The van der Waals surface area contributed by atoms with Crippen molar-refractivity contribution in [2.24, 2.45) is 0 Å². The molecule has 0 saturated carbocycles. The molecule has 0 unspecified atom stereocenters. The molecule has 0 radical (unpaired) electrons. The summed E-state index contributed by atoms with van der Waals surface area (Å²) in [4.78, 5) is 15.1. The number of methoxy groups -OCH3 is 1. The second kappa shape index (κ2) is 9.53. The van der Waals surface area contributed by atoms with Crippen LogP contribution >= 0.6 is 47.3 Å². The van der Waals surface area contributed by atoms with E-state index < -0.39 is 0 Å². The number of anilines is 1. The van der Waals surface area contributed by atoms with Gasteiger partial charge in [-0.05, 0) is 54.4 Å². The molecule has 0 aliphatic carbocycles. The normalized spacial score (nSPS) is 15.2. The molecule has 4 nitrogen and oxygen atoms in total. The highest BCUT2D eigenvalue weighted by molar-refractivity contribution is 8.27. The number of amides is 1. The molecular formula is C23H18ClNO3S3. The Kier molecular flexibility index (Phi) is 6.77. The van der Waals surface area contributed by atoms with Gasteiger partial charge in [0.05, 0.1) is 17.7 Å². The Hall–Kier alpha value is -2.19. The number of thiocarbonyl (C=S) groups is 1. The van der Waals surface area contributed by atoms with Gasteiger partial charge in [0.25, 0.3) is 5.91 Å². The van der Waals surface area contributed by atoms with Gasteiger partial charge in [0.2, 0.25) is 0 Å². The fourth-order valence-corrected chi connectivity index (χ4v) is 5.22. The number of nitrogens with zero attached hydrogens (tertiary/aromatic N) is 1. The van der Waals surface area contributed by atoms with Crippen LogP contribution in [0.2, 0.25) is 5.02 Å². The fraction of sp³-hybridized carbons (Fsp3) is 0.130. The molecule has 1 aromatic heterocycles. The van der Waals surface area contributed by atoms with Crippen LogP contribution in [-0.2, 0) is 10.5 Å². The number of hydrogen-bond acceptors (Lipinski definition) is 6. The first kappa shape index (κ1) is 22.0. The van der Waals surface area contributed by atoms with Crippen LogP contribution in [0.4, 0.5) is 5.69 Å². The van der Waals surface area contributed by atoms with Crippen LogP contribution in [0.5, 0.6) is 5.75 Å². The van der Waals surface area contributed by atoms with Crippen molar-refractivity contribution in [3.05, 3.63) is 81.4 Å². The van der Waals surface area contributed by atoms with E-state index in [9.17, 15) is 4.79 Å². The average molecular weight is 488 g/mol. The van der Waals surface area contributed by atoms with Gasteiger partial charge < -0.3 is 9.15 Å². The van der Waals surface area contributed by atoms with E-state index in [0.29, 0.717) is 26.4 Å². The minimum Gasteiger partial charge on any atom is -0.495 e. The summed E-state index contributed by atoms with van der Waals surface area (Å²) in [5.41, 5.74) is 2.81. The summed E-state index contributed by atoms with van der Waals surface area (Å²) in [5.74, 6) is 1.78. The third-order valence-corrected chi connectivity index (χ3v) is 7.07. The molecule has 31 heavy (non-hydrogen) atoms. The van der Waals surface area contributed by atoms with Crippen molar-refractivity contribution >= 4 is 69.3 Å². The molecular weight excluding hydrogens is 470 g/mol. The highest BCUT2D eigenvalue weighted by Crippen LogP contribution is 2.40. The van der Waals surface area contributed by atoms with Crippen LogP contribution < -0.4 is 9.64 Å². The molecule has 1 aliphatic heterocycles. The molecule has 1 fully saturated rings. The zero-order valence-electron chi connectivity index (χ0n) is 16.8. The van der Waals surface area contributed by atoms with E-state index in [1.807, 2.05) is 61.5 Å². The lowest BCUT2D eigenvalue weighted by Gasteiger charge is -2.18. The number of halogens is 1. The first-order valence-corrected chi connectivity index (χ1v) is 11.9. The minimum atomic E-state index is -0.189. The molecule has 0 spiro atoms. The SMILES string of the molecule is COc1ccc(C)cc1N1C(=O)/C(=C/c2ccc(SCc3ccc(Cl)cc3)o2)SC1=S. The van der Waals surface area contributed by atoms with Crippen molar-refractivity contribution in [1.82, 2.24) is 0 Å². The Balaban J connectivity index is 1.50. The standard InChI is InChI=1S/C23H18ClNO3S3/c1-14-3-9-19(27-2)18(11-14)25-22(26)20(31-23(25)29)12-17-8-10-21(28-17)30-13-15-4-6-16(24)7-5-15/h3-12H,13H2,1-2H3/b20-12-. The maximum atomic E-state index is 13.1. The summed E-state index contributed by atoms with van der Waals surface area (Å²) in [7, 11) is 1.58. The van der Waals surface area contributed by atoms with E-state index in [4.69, 9.17) is 33.0 Å². The topological polar surface area (TPSA) is 42.7 Å². The van der Waals surface area contributed by atoms with Gasteiger partial charge in [-0.1, -0.05) is 65.5 Å². The lowest BCUT2D eigenvalue weighted by molar-refractivity contribution is -0.113. The number of benzene rings is 2. The van der Waals surface area contributed by atoms with Crippen LogP contribution in [0.25, 0.3) is 6.08 Å². The molecule has 2 heterocycles. The number of aryl methyl sites for hydroxylation is 1. The van der Waals surface area contributed by atoms with Crippen molar-refractivity contribution in [2.75, 3.05) is 12.0 Å².